The van der Waals surface area contributed by atoms with E-state index in [-0.39, 0.29) is 5.82 Å². The SMILES string of the molecule is Cc1cc(B(O)O)cc([Si](C)(C)C)c1F. The lowest BCUT2D eigenvalue weighted by atomic mass is 9.79. The van der Waals surface area contributed by atoms with Crippen LogP contribution in [-0.2, 0) is 0 Å². The molecule has 0 aliphatic rings. The largest absolute Gasteiger partial charge is 0.488 e. The van der Waals surface area contributed by atoms with Gasteiger partial charge in [0, 0.05) is 0 Å². The number of rotatable bonds is 2. The molecular weight excluding hydrogens is 210 g/mol. The normalized spacial score (nSPS) is 11.7. The summed E-state index contributed by atoms with van der Waals surface area (Å²) in [6.45, 7) is 7.72. The van der Waals surface area contributed by atoms with Crippen LogP contribution in [0.3, 0.4) is 0 Å². The molecule has 0 radical (unpaired) electrons. The summed E-state index contributed by atoms with van der Waals surface area (Å²) in [5.41, 5.74) is 0.837. The van der Waals surface area contributed by atoms with Crippen molar-refractivity contribution >= 4 is 25.8 Å². The maximum absolute atomic E-state index is 13.8. The predicted molar refractivity (Wildman–Crippen MR) is 63.9 cm³/mol. The molecule has 0 aliphatic carbocycles. The molecule has 82 valence electrons. The third kappa shape index (κ3) is 2.68. The Balaban J connectivity index is 3.38. The summed E-state index contributed by atoms with van der Waals surface area (Å²) in [6.07, 6.45) is 0. The monoisotopic (exact) mass is 226 g/mol. The minimum Gasteiger partial charge on any atom is -0.423 e. The van der Waals surface area contributed by atoms with Crippen molar-refractivity contribution in [3.05, 3.63) is 23.5 Å². The van der Waals surface area contributed by atoms with Crippen molar-refractivity contribution in [3.8, 4) is 0 Å². The molecule has 0 saturated heterocycles. The van der Waals surface area contributed by atoms with Gasteiger partial charge in [-0.25, -0.2) is 4.39 Å². The van der Waals surface area contributed by atoms with E-state index < -0.39 is 15.2 Å². The molecule has 2 N–H and O–H groups in total. The van der Waals surface area contributed by atoms with Crippen molar-refractivity contribution in [1.29, 1.82) is 0 Å². The molecule has 1 aromatic carbocycles. The molecule has 0 spiro atoms. The maximum atomic E-state index is 13.8. The molecule has 2 nitrogen and oxygen atoms in total. The first-order valence-corrected chi connectivity index (χ1v) is 8.40. The van der Waals surface area contributed by atoms with Crippen LogP contribution in [0.1, 0.15) is 5.56 Å². The molecule has 0 aliphatic heterocycles. The number of halogens is 1. The van der Waals surface area contributed by atoms with Gasteiger partial charge in [-0.05, 0) is 23.1 Å². The lowest BCUT2D eigenvalue weighted by Crippen LogP contribution is -2.44. The number of hydrogen-bond donors (Lipinski definition) is 2. The highest BCUT2D eigenvalue weighted by molar-refractivity contribution is 6.89. The lowest BCUT2D eigenvalue weighted by Gasteiger charge is -2.20. The molecule has 1 rings (SSSR count). The quantitative estimate of drug-likeness (QED) is 0.715. The van der Waals surface area contributed by atoms with E-state index in [0.29, 0.717) is 16.2 Å². The molecule has 0 fully saturated rings. The number of hydrogen-bond acceptors (Lipinski definition) is 2. The minimum absolute atomic E-state index is 0.210. The third-order valence-corrected chi connectivity index (χ3v) is 4.36. The molecular formula is C10H16BFO2Si. The maximum Gasteiger partial charge on any atom is 0.488 e. The number of benzene rings is 1. The van der Waals surface area contributed by atoms with Crippen LogP contribution >= 0.6 is 0 Å². The van der Waals surface area contributed by atoms with Crippen molar-refractivity contribution in [2.75, 3.05) is 0 Å². The van der Waals surface area contributed by atoms with Crippen molar-refractivity contribution in [3.63, 3.8) is 0 Å². The Kier molecular flexibility index (Phi) is 3.38. The topological polar surface area (TPSA) is 40.5 Å². The fourth-order valence-corrected chi connectivity index (χ4v) is 2.95. The fraction of sp³-hybridized carbons (Fsp3) is 0.400. The second-order valence-corrected chi connectivity index (χ2v) is 9.86. The molecule has 0 amide bonds. The smallest absolute Gasteiger partial charge is 0.423 e. The summed E-state index contributed by atoms with van der Waals surface area (Å²) in [6, 6.07) is 3.04. The van der Waals surface area contributed by atoms with Gasteiger partial charge in [-0.1, -0.05) is 31.8 Å². The molecule has 0 heterocycles. The molecule has 5 heteroatoms. The van der Waals surface area contributed by atoms with Crippen LogP contribution in [0.25, 0.3) is 0 Å². The van der Waals surface area contributed by atoms with Gasteiger partial charge < -0.3 is 10.0 Å². The highest BCUT2D eigenvalue weighted by atomic mass is 28.3. The Morgan fingerprint density at radius 1 is 1.20 bits per heavy atom. The first-order valence-electron chi connectivity index (χ1n) is 4.90. The zero-order chi connectivity index (χ0) is 11.8. The van der Waals surface area contributed by atoms with Crippen LogP contribution in [0, 0.1) is 12.7 Å². The summed E-state index contributed by atoms with van der Waals surface area (Å²) < 4.78 is 13.8. The van der Waals surface area contributed by atoms with E-state index >= 15 is 0 Å². The van der Waals surface area contributed by atoms with Gasteiger partial charge in [0.15, 0.2) is 0 Å². The van der Waals surface area contributed by atoms with Crippen molar-refractivity contribution in [2.45, 2.75) is 26.6 Å². The van der Waals surface area contributed by atoms with E-state index in [9.17, 15) is 4.39 Å². The molecule has 0 aromatic heterocycles. The second-order valence-electron chi connectivity index (χ2n) is 4.82. The van der Waals surface area contributed by atoms with Crippen LogP contribution in [0.4, 0.5) is 4.39 Å². The summed E-state index contributed by atoms with van der Waals surface area (Å²) >= 11 is 0. The molecule has 0 unspecified atom stereocenters. The highest BCUT2D eigenvalue weighted by Crippen LogP contribution is 2.09. The minimum atomic E-state index is -1.78. The van der Waals surface area contributed by atoms with E-state index in [4.69, 9.17) is 10.0 Å². The second kappa shape index (κ2) is 4.08. The molecule has 1 aromatic rings. The first kappa shape index (κ1) is 12.4. The van der Waals surface area contributed by atoms with Gasteiger partial charge in [0.05, 0.1) is 8.07 Å². The standard InChI is InChI=1S/C10H16BFO2Si/c1-7-5-8(11(13)14)6-9(10(7)12)15(2,3)4/h5-6,13-14H,1-4H3. The van der Waals surface area contributed by atoms with E-state index in [1.165, 1.54) is 6.07 Å². The first-order chi connectivity index (χ1) is 6.73. The zero-order valence-electron chi connectivity index (χ0n) is 9.50. The Morgan fingerprint density at radius 3 is 2.13 bits per heavy atom. The van der Waals surface area contributed by atoms with Gasteiger partial charge in [0.1, 0.15) is 5.82 Å². The predicted octanol–water partition coefficient (Wildman–Crippen LogP) is 0.359. The molecule has 0 bridgehead atoms. The van der Waals surface area contributed by atoms with Crippen molar-refractivity contribution in [1.82, 2.24) is 0 Å². The Hall–Kier alpha value is -0.648. The fourth-order valence-electron chi connectivity index (χ4n) is 1.49. The molecule has 0 saturated carbocycles. The summed E-state index contributed by atoms with van der Waals surface area (Å²) in [4.78, 5) is 0. The van der Waals surface area contributed by atoms with Gasteiger partial charge >= 0.3 is 7.12 Å². The van der Waals surface area contributed by atoms with Crippen LogP contribution in [0.2, 0.25) is 19.6 Å². The summed E-state index contributed by atoms with van der Waals surface area (Å²) in [7, 11) is -3.31. The van der Waals surface area contributed by atoms with Gasteiger partial charge in [-0.3, -0.25) is 0 Å². The van der Waals surface area contributed by atoms with Crippen LogP contribution in [0.15, 0.2) is 12.1 Å². The Labute approximate surface area is 90.9 Å². The van der Waals surface area contributed by atoms with Gasteiger partial charge in [-0.2, -0.15) is 0 Å². The molecule has 15 heavy (non-hydrogen) atoms. The third-order valence-electron chi connectivity index (χ3n) is 2.38. The summed E-state index contributed by atoms with van der Waals surface area (Å²) in [5.74, 6) is -0.210. The molecule has 0 atom stereocenters. The van der Waals surface area contributed by atoms with Crippen LogP contribution < -0.4 is 10.6 Å². The van der Waals surface area contributed by atoms with Crippen LogP contribution in [-0.4, -0.2) is 25.2 Å². The van der Waals surface area contributed by atoms with Gasteiger partial charge in [-0.15, -0.1) is 0 Å². The Morgan fingerprint density at radius 2 is 1.73 bits per heavy atom. The number of aryl methyl sites for hydroxylation is 1. The van der Waals surface area contributed by atoms with Gasteiger partial charge in [0.2, 0.25) is 0 Å². The highest BCUT2D eigenvalue weighted by Gasteiger charge is 2.24. The van der Waals surface area contributed by atoms with E-state index in [1.54, 1.807) is 13.0 Å². The van der Waals surface area contributed by atoms with Gasteiger partial charge in [0.25, 0.3) is 0 Å². The lowest BCUT2D eigenvalue weighted by molar-refractivity contribution is 0.425. The average molecular weight is 226 g/mol. The van der Waals surface area contributed by atoms with E-state index in [2.05, 4.69) is 0 Å². The zero-order valence-corrected chi connectivity index (χ0v) is 10.5. The van der Waals surface area contributed by atoms with E-state index in [1.807, 2.05) is 19.6 Å². The average Bonchev–Trinajstić information content (AvgIpc) is 2.06. The Bertz CT molecular complexity index is 374. The van der Waals surface area contributed by atoms with Crippen LogP contribution in [0.5, 0.6) is 0 Å². The van der Waals surface area contributed by atoms with Crippen molar-refractivity contribution < 1.29 is 14.4 Å². The summed E-state index contributed by atoms with van der Waals surface area (Å²) in [5, 5.41) is 18.8. The van der Waals surface area contributed by atoms with E-state index in [0.717, 1.165) is 0 Å². The van der Waals surface area contributed by atoms with Crippen molar-refractivity contribution in [2.24, 2.45) is 0 Å².